The van der Waals surface area contributed by atoms with Crippen molar-refractivity contribution in [3.05, 3.63) is 23.9 Å². The molecule has 0 amide bonds. The van der Waals surface area contributed by atoms with Gasteiger partial charge >= 0.3 is 5.97 Å². The number of nitrogens with zero attached hydrogens (tertiary/aromatic N) is 1. The summed E-state index contributed by atoms with van der Waals surface area (Å²) in [6.45, 7) is 1.89. The summed E-state index contributed by atoms with van der Waals surface area (Å²) in [4.78, 5) is 15.2. The van der Waals surface area contributed by atoms with Crippen LogP contribution in [0.2, 0.25) is 0 Å². The molecule has 0 aliphatic carbocycles. The average molecular weight is 260 g/mol. The summed E-state index contributed by atoms with van der Waals surface area (Å²) >= 11 is 0. The number of hydrogen-bond donors (Lipinski definition) is 1. The standard InChI is InChI=1S/C14H16N2O3/c1-18-13(17)5-4-11-3-2-8-16-14(11)19-12-6-9-15-10-7-12/h2-3,8,12,15H,6-7,9-10H2,1H3. The third-order valence-corrected chi connectivity index (χ3v) is 2.82. The van der Waals surface area contributed by atoms with Crippen molar-refractivity contribution < 1.29 is 14.3 Å². The maximum Gasteiger partial charge on any atom is 0.384 e. The molecule has 1 aliphatic rings. The molecule has 1 N–H and O–H groups in total. The molecule has 0 radical (unpaired) electrons. The monoisotopic (exact) mass is 260 g/mol. The predicted octanol–water partition coefficient (Wildman–Crippen LogP) is 0.737. The van der Waals surface area contributed by atoms with Crippen LogP contribution in [0, 0.1) is 11.8 Å². The van der Waals surface area contributed by atoms with Crippen LogP contribution in [-0.2, 0) is 9.53 Å². The lowest BCUT2D eigenvalue weighted by Gasteiger charge is -2.23. The van der Waals surface area contributed by atoms with E-state index in [-0.39, 0.29) is 6.10 Å². The van der Waals surface area contributed by atoms with Crippen molar-refractivity contribution in [1.29, 1.82) is 0 Å². The summed E-state index contributed by atoms with van der Waals surface area (Å²) in [5.74, 6) is 5.01. The first-order valence-electron chi connectivity index (χ1n) is 6.22. The molecule has 1 aromatic rings. The third-order valence-electron chi connectivity index (χ3n) is 2.82. The van der Waals surface area contributed by atoms with Gasteiger partial charge in [-0.3, -0.25) is 0 Å². The van der Waals surface area contributed by atoms with Gasteiger partial charge in [0.15, 0.2) is 0 Å². The molecule has 5 heteroatoms. The van der Waals surface area contributed by atoms with Crippen LogP contribution in [-0.4, -0.2) is 37.3 Å². The summed E-state index contributed by atoms with van der Waals surface area (Å²) in [6.07, 6.45) is 3.69. The molecule has 2 rings (SSSR count). The molecule has 0 atom stereocenters. The maximum absolute atomic E-state index is 11.0. The molecule has 0 bridgehead atoms. The quantitative estimate of drug-likeness (QED) is 0.627. The number of ether oxygens (including phenoxy) is 2. The van der Waals surface area contributed by atoms with Gasteiger partial charge in [-0.05, 0) is 44.0 Å². The fourth-order valence-electron chi connectivity index (χ4n) is 1.82. The molecule has 19 heavy (non-hydrogen) atoms. The van der Waals surface area contributed by atoms with Gasteiger partial charge in [0, 0.05) is 12.1 Å². The summed E-state index contributed by atoms with van der Waals surface area (Å²) in [5.41, 5.74) is 0.603. The van der Waals surface area contributed by atoms with Crippen molar-refractivity contribution in [2.45, 2.75) is 18.9 Å². The highest BCUT2D eigenvalue weighted by molar-refractivity contribution is 5.89. The van der Waals surface area contributed by atoms with E-state index < -0.39 is 5.97 Å². The fourth-order valence-corrected chi connectivity index (χ4v) is 1.82. The number of rotatable bonds is 2. The summed E-state index contributed by atoms with van der Waals surface area (Å²) in [5, 5.41) is 3.27. The Hall–Kier alpha value is -2.06. The third kappa shape index (κ3) is 3.97. The lowest BCUT2D eigenvalue weighted by molar-refractivity contribution is -0.133. The van der Waals surface area contributed by atoms with Crippen molar-refractivity contribution in [3.63, 3.8) is 0 Å². The van der Waals surface area contributed by atoms with E-state index in [9.17, 15) is 4.79 Å². The Morgan fingerprint density at radius 3 is 3.00 bits per heavy atom. The molecule has 1 aliphatic heterocycles. The Morgan fingerprint density at radius 1 is 1.47 bits per heavy atom. The molecule has 5 nitrogen and oxygen atoms in total. The lowest BCUT2D eigenvalue weighted by Crippen LogP contribution is -2.34. The van der Waals surface area contributed by atoms with E-state index in [0.29, 0.717) is 11.4 Å². The number of piperidine rings is 1. The second-order valence-electron chi connectivity index (χ2n) is 4.16. The predicted molar refractivity (Wildman–Crippen MR) is 69.7 cm³/mol. The van der Waals surface area contributed by atoms with Gasteiger partial charge < -0.3 is 14.8 Å². The van der Waals surface area contributed by atoms with E-state index in [0.717, 1.165) is 25.9 Å². The minimum absolute atomic E-state index is 0.148. The van der Waals surface area contributed by atoms with E-state index >= 15 is 0 Å². The Labute approximate surface area is 112 Å². The van der Waals surface area contributed by atoms with Crippen LogP contribution >= 0.6 is 0 Å². The molecule has 1 fully saturated rings. The molecule has 0 saturated carbocycles. The van der Waals surface area contributed by atoms with Crippen molar-refractivity contribution in [1.82, 2.24) is 10.3 Å². The Kier molecular flexibility index (Phi) is 4.76. The van der Waals surface area contributed by atoms with Crippen molar-refractivity contribution in [2.24, 2.45) is 0 Å². The van der Waals surface area contributed by atoms with Gasteiger partial charge in [-0.1, -0.05) is 0 Å². The first-order valence-corrected chi connectivity index (χ1v) is 6.22. The molecule has 0 spiro atoms. The summed E-state index contributed by atoms with van der Waals surface area (Å²) < 4.78 is 10.3. The normalized spacial score (nSPS) is 15.2. The molecule has 0 unspecified atom stereocenters. The van der Waals surface area contributed by atoms with Gasteiger partial charge in [0.25, 0.3) is 0 Å². The minimum Gasteiger partial charge on any atom is -0.473 e. The highest BCUT2D eigenvalue weighted by Crippen LogP contribution is 2.17. The zero-order valence-electron chi connectivity index (χ0n) is 10.8. The highest BCUT2D eigenvalue weighted by Gasteiger charge is 2.16. The molecular weight excluding hydrogens is 244 g/mol. The van der Waals surface area contributed by atoms with E-state index in [4.69, 9.17) is 4.74 Å². The molecule has 1 saturated heterocycles. The number of esters is 1. The smallest absolute Gasteiger partial charge is 0.384 e. The van der Waals surface area contributed by atoms with Gasteiger partial charge in [-0.15, -0.1) is 0 Å². The molecule has 100 valence electrons. The topological polar surface area (TPSA) is 60.5 Å². The SMILES string of the molecule is COC(=O)C#Cc1cccnc1OC1CCNCC1. The van der Waals surface area contributed by atoms with Crippen molar-refractivity contribution in [2.75, 3.05) is 20.2 Å². The van der Waals surface area contributed by atoms with Crippen LogP contribution in [0.15, 0.2) is 18.3 Å². The van der Waals surface area contributed by atoms with Crippen LogP contribution < -0.4 is 10.1 Å². The number of carbonyl (C=O) groups excluding carboxylic acids is 1. The molecule has 1 aromatic heterocycles. The zero-order chi connectivity index (χ0) is 13.5. The average Bonchev–Trinajstić information content (AvgIpc) is 2.47. The number of methoxy groups -OCH3 is 1. The van der Waals surface area contributed by atoms with Crippen LogP contribution in [0.4, 0.5) is 0 Å². The number of aromatic nitrogens is 1. The molecular formula is C14H16N2O3. The van der Waals surface area contributed by atoms with Gasteiger partial charge in [0.1, 0.15) is 6.10 Å². The van der Waals surface area contributed by atoms with Crippen molar-refractivity contribution in [3.8, 4) is 17.7 Å². The number of hydrogen-bond acceptors (Lipinski definition) is 5. The molecule has 0 aromatic carbocycles. The second-order valence-corrected chi connectivity index (χ2v) is 4.16. The summed E-state index contributed by atoms with van der Waals surface area (Å²) in [6, 6.07) is 3.54. The highest BCUT2D eigenvalue weighted by atomic mass is 16.5. The maximum atomic E-state index is 11.0. The molecule has 2 heterocycles. The second kappa shape index (κ2) is 6.76. The van der Waals surface area contributed by atoms with Gasteiger partial charge in [0.05, 0.1) is 12.7 Å². The number of nitrogens with one attached hydrogen (secondary N) is 1. The lowest BCUT2D eigenvalue weighted by atomic mass is 10.1. The van der Waals surface area contributed by atoms with Crippen LogP contribution in [0.25, 0.3) is 0 Å². The van der Waals surface area contributed by atoms with Crippen LogP contribution in [0.5, 0.6) is 5.88 Å². The Bertz CT molecular complexity index is 499. The number of pyridine rings is 1. The van der Waals surface area contributed by atoms with Crippen LogP contribution in [0.1, 0.15) is 18.4 Å². The van der Waals surface area contributed by atoms with Gasteiger partial charge in [-0.2, -0.15) is 0 Å². The van der Waals surface area contributed by atoms with Crippen molar-refractivity contribution >= 4 is 5.97 Å². The minimum atomic E-state index is -0.573. The first kappa shape index (κ1) is 13.4. The van der Waals surface area contributed by atoms with Crippen LogP contribution in [0.3, 0.4) is 0 Å². The Morgan fingerprint density at radius 2 is 2.26 bits per heavy atom. The van der Waals surface area contributed by atoms with Gasteiger partial charge in [-0.25, -0.2) is 9.78 Å². The van der Waals surface area contributed by atoms with E-state index in [2.05, 4.69) is 26.9 Å². The Balaban J connectivity index is 2.10. The van der Waals surface area contributed by atoms with E-state index in [1.54, 1.807) is 18.3 Å². The largest absolute Gasteiger partial charge is 0.473 e. The van der Waals surface area contributed by atoms with Gasteiger partial charge in [0.2, 0.25) is 5.88 Å². The zero-order valence-corrected chi connectivity index (χ0v) is 10.8. The fraction of sp³-hybridized carbons (Fsp3) is 0.429. The van der Waals surface area contributed by atoms with E-state index in [1.807, 2.05) is 0 Å². The summed E-state index contributed by atoms with van der Waals surface area (Å²) in [7, 11) is 1.30. The number of carbonyl (C=O) groups is 1. The van der Waals surface area contributed by atoms with E-state index in [1.165, 1.54) is 7.11 Å². The first-order chi connectivity index (χ1) is 9.29.